The number of piperazine rings is 2. The van der Waals surface area contributed by atoms with E-state index < -0.39 is 11.5 Å². The van der Waals surface area contributed by atoms with Gasteiger partial charge in [-0.2, -0.15) is 0 Å². The lowest BCUT2D eigenvalue weighted by molar-refractivity contribution is -0.132. The molecule has 0 unspecified atom stereocenters. The van der Waals surface area contributed by atoms with Crippen molar-refractivity contribution in [3.05, 3.63) is 116 Å². The number of nitrogens with zero attached hydrogens (tertiary/aromatic N) is 5. The average Bonchev–Trinajstić information content (AvgIpc) is 3.78. The molecule has 17 heteroatoms. The van der Waals surface area contributed by atoms with E-state index in [0.29, 0.717) is 77.5 Å². The maximum atomic E-state index is 12.7. The molecular weight excluding hydrogens is 823 g/mol. The van der Waals surface area contributed by atoms with Gasteiger partial charge in [-0.05, 0) is 48.5 Å². The Balaban J connectivity index is 0.000000214. The smallest absolute Gasteiger partial charge is 0.420 e. The molecule has 4 heterocycles. The maximum Gasteiger partial charge on any atom is 0.420 e. The molecule has 0 bridgehead atoms. The zero-order valence-electron chi connectivity index (χ0n) is 31.3. The number of aromatic amines is 1. The van der Waals surface area contributed by atoms with Crippen molar-refractivity contribution in [2.75, 3.05) is 82.3 Å². The first-order chi connectivity index (χ1) is 27.6. The summed E-state index contributed by atoms with van der Waals surface area (Å²) in [5.41, 5.74) is 4.53. The van der Waals surface area contributed by atoms with E-state index in [1.165, 1.54) is 4.57 Å². The van der Waals surface area contributed by atoms with Gasteiger partial charge in [-0.1, -0.05) is 62.3 Å². The number of hydrogen-bond acceptors (Lipinski definition) is 10. The van der Waals surface area contributed by atoms with E-state index in [1.54, 1.807) is 54.4 Å². The normalized spacial score (nSPS) is 13.6. The van der Waals surface area contributed by atoms with Crippen LogP contribution in [-0.4, -0.2) is 104 Å². The number of benzene rings is 4. The topological polar surface area (TPSA) is 147 Å². The van der Waals surface area contributed by atoms with Crippen molar-refractivity contribution < 1.29 is 27.9 Å². The number of nitrogens with one attached hydrogen (secondary N) is 1. The van der Waals surface area contributed by atoms with E-state index in [1.807, 2.05) is 54.6 Å². The van der Waals surface area contributed by atoms with Crippen molar-refractivity contribution in [3.63, 3.8) is 0 Å². The van der Waals surface area contributed by atoms with Crippen molar-refractivity contribution in [1.29, 1.82) is 0 Å². The zero-order chi connectivity index (χ0) is 40.5. The number of rotatable bonds is 7. The maximum absolute atomic E-state index is 12.7. The van der Waals surface area contributed by atoms with Crippen LogP contribution in [0.5, 0.6) is 11.5 Å². The van der Waals surface area contributed by atoms with Gasteiger partial charge in [-0.25, -0.2) is 9.59 Å². The molecule has 8 rings (SSSR count). The highest BCUT2D eigenvalue weighted by molar-refractivity contribution is 6.32. The van der Waals surface area contributed by atoms with Crippen LogP contribution in [0.1, 0.15) is 14.9 Å². The molecule has 0 radical (unpaired) electrons. The van der Waals surface area contributed by atoms with Crippen molar-refractivity contribution in [2.45, 2.75) is 21.4 Å². The van der Waals surface area contributed by atoms with Crippen LogP contribution < -0.4 is 30.8 Å². The van der Waals surface area contributed by atoms with Gasteiger partial charge in [-0.15, -0.1) is 11.6 Å². The minimum absolute atomic E-state index is 0. The summed E-state index contributed by atoms with van der Waals surface area (Å²) in [7, 11) is 3.19. The largest absolute Gasteiger partial charge is 0.495 e. The number of hydrogen-bond donors (Lipinski definition) is 1. The van der Waals surface area contributed by atoms with Gasteiger partial charge in [0.05, 0.1) is 35.3 Å². The van der Waals surface area contributed by atoms with Gasteiger partial charge in [0.1, 0.15) is 23.9 Å². The molecule has 0 saturated carbocycles. The minimum atomic E-state index is -0.513. The summed E-state index contributed by atoms with van der Waals surface area (Å²) >= 11 is 17.7. The first kappa shape index (κ1) is 46.1. The standard InChI is InChI=1S/C20H20ClN3O4.C13H16Cl2N2O2.C7H5NO2.2CH4/c1-27-18-12-14(6-7-15(18)21)22-8-10-23(11-9-22)19(25)13-24-16-4-2-3-5-17(16)28-20(24)26;1-19-12-8-10(2-3-11(12)15)16-4-6-17(7-5-16)13(18)9-14;9-7-8-5-3-1-2-4-6(5)10-7;;/h2-7,12H,8-11,13H2,1H3;2-3,8H,4-7,9H2,1H3;1-4H,(H,8,9);2*1H4. The Morgan fingerprint density at radius 2 is 1.15 bits per heavy atom. The van der Waals surface area contributed by atoms with Crippen molar-refractivity contribution in [2.24, 2.45) is 0 Å². The van der Waals surface area contributed by atoms with Gasteiger partial charge in [0, 0.05) is 75.9 Å². The highest BCUT2D eigenvalue weighted by Gasteiger charge is 2.24. The summed E-state index contributed by atoms with van der Waals surface area (Å²) in [6, 6.07) is 25.7. The highest BCUT2D eigenvalue weighted by Crippen LogP contribution is 2.31. The van der Waals surface area contributed by atoms with Gasteiger partial charge in [0.15, 0.2) is 11.2 Å². The molecule has 0 aliphatic carbocycles. The molecule has 1 N–H and O–H groups in total. The third kappa shape index (κ3) is 11.3. The number of para-hydroxylation sites is 4. The van der Waals surface area contributed by atoms with Crippen LogP contribution in [0.2, 0.25) is 10.0 Å². The lowest BCUT2D eigenvalue weighted by Gasteiger charge is -2.36. The number of oxazole rings is 2. The van der Waals surface area contributed by atoms with Crippen molar-refractivity contribution in [1.82, 2.24) is 19.4 Å². The molecule has 2 saturated heterocycles. The summed E-state index contributed by atoms with van der Waals surface area (Å²) in [6.07, 6.45) is 0. The Labute approximate surface area is 357 Å². The molecule has 2 amide bonds. The van der Waals surface area contributed by atoms with Gasteiger partial charge in [0.2, 0.25) is 11.8 Å². The Hall–Kier alpha value is -5.57. The number of H-pyrrole nitrogens is 1. The summed E-state index contributed by atoms with van der Waals surface area (Å²) < 4.78 is 21.8. The number of aromatic nitrogens is 2. The van der Waals surface area contributed by atoms with Crippen LogP contribution in [0, 0.1) is 0 Å². The molecule has 316 valence electrons. The molecule has 0 atom stereocenters. The molecule has 4 aromatic carbocycles. The number of fused-ring (bicyclic) bond motifs is 2. The second-order valence-corrected chi connectivity index (χ2v) is 14.0. The third-order valence-corrected chi connectivity index (χ3v) is 10.4. The predicted molar refractivity (Wildman–Crippen MR) is 235 cm³/mol. The highest BCUT2D eigenvalue weighted by atomic mass is 35.5. The number of ether oxygens (including phenoxy) is 2. The number of carbonyl (C=O) groups is 2. The van der Waals surface area contributed by atoms with Crippen LogP contribution >= 0.6 is 34.8 Å². The van der Waals surface area contributed by atoms with Gasteiger partial charge < -0.3 is 37.9 Å². The third-order valence-electron chi connectivity index (χ3n) is 9.57. The Morgan fingerprint density at radius 3 is 1.66 bits per heavy atom. The molecule has 2 aliphatic rings. The lowest BCUT2D eigenvalue weighted by Crippen LogP contribution is -2.50. The molecule has 59 heavy (non-hydrogen) atoms. The quantitative estimate of drug-likeness (QED) is 0.163. The van der Waals surface area contributed by atoms with Crippen LogP contribution in [-0.2, 0) is 16.1 Å². The number of methoxy groups -OCH3 is 2. The molecule has 0 spiro atoms. The van der Waals surface area contributed by atoms with E-state index in [4.69, 9.17) is 53.1 Å². The van der Waals surface area contributed by atoms with E-state index in [9.17, 15) is 19.2 Å². The zero-order valence-corrected chi connectivity index (χ0v) is 33.6. The van der Waals surface area contributed by atoms with Crippen LogP contribution in [0.3, 0.4) is 0 Å². The second-order valence-electron chi connectivity index (χ2n) is 12.9. The fourth-order valence-corrected chi connectivity index (χ4v) is 7.05. The van der Waals surface area contributed by atoms with E-state index in [-0.39, 0.29) is 39.1 Å². The van der Waals surface area contributed by atoms with Crippen molar-refractivity contribution >= 4 is 80.2 Å². The minimum Gasteiger partial charge on any atom is -0.495 e. The van der Waals surface area contributed by atoms with Crippen molar-refractivity contribution in [3.8, 4) is 11.5 Å². The summed E-state index contributed by atoms with van der Waals surface area (Å²) in [5, 5.41) is 1.17. The first-order valence-corrected chi connectivity index (χ1v) is 19.3. The van der Waals surface area contributed by atoms with Crippen LogP contribution in [0.25, 0.3) is 22.2 Å². The molecule has 2 aliphatic heterocycles. The Kier molecular flexibility index (Phi) is 16.8. The molecule has 14 nitrogen and oxygen atoms in total. The number of anilines is 2. The fraction of sp³-hybridized carbons (Fsp3) is 0.333. The number of carbonyl (C=O) groups excluding carboxylic acids is 2. The van der Waals surface area contributed by atoms with Crippen LogP contribution in [0.15, 0.2) is 103 Å². The van der Waals surface area contributed by atoms with E-state index in [0.717, 1.165) is 30.0 Å². The molecule has 6 aromatic rings. The van der Waals surface area contributed by atoms with Crippen LogP contribution in [0.4, 0.5) is 11.4 Å². The number of halogens is 3. The first-order valence-electron chi connectivity index (χ1n) is 18.0. The summed E-state index contributed by atoms with van der Waals surface area (Å²) in [5.74, 6) is 0.330. The van der Waals surface area contributed by atoms with Gasteiger partial charge in [-0.3, -0.25) is 19.1 Å². The molecule has 2 fully saturated rings. The fourth-order valence-electron chi connectivity index (χ4n) is 6.50. The van der Waals surface area contributed by atoms with Gasteiger partial charge in [0.25, 0.3) is 0 Å². The SMILES string of the molecule is C.C.COc1cc(N2CCN(C(=O)CCl)CC2)ccc1Cl.COc1cc(N2CCN(C(=O)Cn3c(=O)oc4ccccc43)CC2)ccc1Cl.O=c1[nH]c2ccccc2o1. The molecule has 2 aromatic heterocycles. The Morgan fingerprint density at radius 1 is 0.661 bits per heavy atom. The average molecular weight is 872 g/mol. The summed E-state index contributed by atoms with van der Waals surface area (Å²) in [6.45, 7) is 5.47. The van der Waals surface area contributed by atoms with E-state index >= 15 is 0 Å². The Bertz CT molecular complexity index is 2390. The summed E-state index contributed by atoms with van der Waals surface area (Å²) in [4.78, 5) is 57.3. The lowest BCUT2D eigenvalue weighted by atomic mass is 10.2. The monoisotopic (exact) mass is 870 g/mol. The second kappa shape index (κ2) is 21.4. The predicted octanol–water partition coefficient (Wildman–Crippen LogP) is 7.23. The number of amides is 2. The van der Waals surface area contributed by atoms with Gasteiger partial charge >= 0.3 is 11.5 Å². The molecular formula is C42H49Cl3N6O8. The number of alkyl halides is 1. The van der Waals surface area contributed by atoms with E-state index in [2.05, 4.69) is 14.8 Å².